The van der Waals surface area contributed by atoms with E-state index in [0.29, 0.717) is 13.2 Å². The van der Waals surface area contributed by atoms with Crippen molar-refractivity contribution in [3.63, 3.8) is 0 Å². The highest BCUT2D eigenvalue weighted by Crippen LogP contribution is 2.26. The number of aromatic nitrogens is 1. The van der Waals surface area contributed by atoms with Crippen molar-refractivity contribution in [2.45, 2.75) is 18.7 Å². The van der Waals surface area contributed by atoms with E-state index in [2.05, 4.69) is 34.3 Å². The van der Waals surface area contributed by atoms with E-state index >= 15 is 0 Å². The van der Waals surface area contributed by atoms with Crippen molar-refractivity contribution in [3.8, 4) is 0 Å². The van der Waals surface area contributed by atoms with E-state index in [1.807, 2.05) is 11.0 Å². The van der Waals surface area contributed by atoms with Crippen molar-refractivity contribution in [3.05, 3.63) is 36.0 Å². The Kier molecular flexibility index (Phi) is 4.26. The van der Waals surface area contributed by atoms with Gasteiger partial charge in [0.1, 0.15) is 6.61 Å². The molecule has 128 valence electrons. The van der Waals surface area contributed by atoms with Crippen LogP contribution < -0.4 is 0 Å². The molecule has 2 unspecified atom stereocenters. The van der Waals surface area contributed by atoms with Crippen LogP contribution in [-0.4, -0.2) is 72.8 Å². The van der Waals surface area contributed by atoms with E-state index in [-0.39, 0.29) is 24.7 Å². The summed E-state index contributed by atoms with van der Waals surface area (Å²) in [5.74, 6) is 0.0715. The van der Waals surface area contributed by atoms with Crippen LogP contribution >= 0.6 is 0 Å². The number of hydrogen-bond donors (Lipinski definition) is 1. The van der Waals surface area contributed by atoms with Crippen LogP contribution in [0.1, 0.15) is 5.56 Å². The Balaban J connectivity index is 1.48. The molecule has 0 saturated carbocycles. The van der Waals surface area contributed by atoms with Crippen LogP contribution in [-0.2, 0) is 20.8 Å². The zero-order valence-electron chi connectivity index (χ0n) is 13.9. The highest BCUT2D eigenvalue weighted by Gasteiger charge is 2.42. The molecule has 0 radical (unpaired) electrons. The first-order valence-corrected chi connectivity index (χ1v) is 8.43. The number of hydrogen-bond acceptors (Lipinski definition) is 4. The number of benzene rings is 1. The Morgan fingerprint density at radius 3 is 3.08 bits per heavy atom. The topological polar surface area (TPSA) is 57.8 Å². The minimum absolute atomic E-state index is 0.0715. The number of rotatable bonds is 5. The first-order chi connectivity index (χ1) is 11.8. The minimum atomic E-state index is 0.0715. The zero-order valence-corrected chi connectivity index (χ0v) is 13.9. The van der Waals surface area contributed by atoms with Crippen LogP contribution in [0.3, 0.4) is 0 Å². The summed E-state index contributed by atoms with van der Waals surface area (Å²) in [4.78, 5) is 19.8. The van der Waals surface area contributed by atoms with E-state index in [0.717, 1.165) is 25.2 Å². The fourth-order valence-corrected chi connectivity index (χ4v) is 3.85. The molecule has 6 nitrogen and oxygen atoms in total. The highest BCUT2D eigenvalue weighted by molar-refractivity contribution is 5.83. The van der Waals surface area contributed by atoms with Gasteiger partial charge in [-0.15, -0.1) is 0 Å². The number of H-pyrrole nitrogens is 1. The van der Waals surface area contributed by atoms with Gasteiger partial charge in [0.2, 0.25) is 5.91 Å². The van der Waals surface area contributed by atoms with E-state index in [1.54, 1.807) is 7.11 Å². The largest absolute Gasteiger partial charge is 0.383 e. The fraction of sp³-hybridized carbons (Fsp3) is 0.500. The molecule has 3 heterocycles. The van der Waals surface area contributed by atoms with Gasteiger partial charge in [0.15, 0.2) is 0 Å². The lowest BCUT2D eigenvalue weighted by atomic mass is 10.1. The summed E-state index contributed by atoms with van der Waals surface area (Å²) in [6, 6.07) is 8.48. The summed E-state index contributed by atoms with van der Waals surface area (Å²) in [6.45, 7) is 3.97. The van der Waals surface area contributed by atoms with E-state index in [1.165, 1.54) is 10.9 Å². The molecule has 2 aromatic rings. The van der Waals surface area contributed by atoms with Crippen LogP contribution in [0.4, 0.5) is 0 Å². The average Bonchev–Trinajstić information content (AvgIpc) is 3.19. The predicted octanol–water partition coefficient (Wildman–Crippen LogP) is 1.23. The predicted molar refractivity (Wildman–Crippen MR) is 90.7 cm³/mol. The van der Waals surface area contributed by atoms with Gasteiger partial charge in [-0.25, -0.2) is 0 Å². The number of para-hydroxylation sites is 1. The number of likely N-dealkylation sites (tertiary alicyclic amines) is 1. The van der Waals surface area contributed by atoms with Gasteiger partial charge in [-0.2, -0.15) is 0 Å². The van der Waals surface area contributed by atoms with Gasteiger partial charge in [-0.1, -0.05) is 18.2 Å². The molecule has 24 heavy (non-hydrogen) atoms. The van der Waals surface area contributed by atoms with Crippen molar-refractivity contribution >= 4 is 16.8 Å². The second kappa shape index (κ2) is 6.55. The molecule has 0 bridgehead atoms. The number of morpholine rings is 1. The summed E-state index contributed by atoms with van der Waals surface area (Å²) in [5, 5.41) is 1.26. The van der Waals surface area contributed by atoms with Gasteiger partial charge >= 0.3 is 0 Å². The lowest BCUT2D eigenvalue weighted by Gasteiger charge is -2.36. The molecule has 0 aliphatic carbocycles. The van der Waals surface area contributed by atoms with Crippen LogP contribution in [0.25, 0.3) is 10.9 Å². The van der Waals surface area contributed by atoms with Crippen molar-refractivity contribution in [2.75, 3.05) is 40.0 Å². The van der Waals surface area contributed by atoms with Crippen LogP contribution in [0.5, 0.6) is 0 Å². The Hall–Kier alpha value is -1.89. The number of methoxy groups -OCH3 is 1. The van der Waals surface area contributed by atoms with Gasteiger partial charge in [-0.05, 0) is 11.6 Å². The highest BCUT2D eigenvalue weighted by atomic mass is 16.5. The van der Waals surface area contributed by atoms with Crippen molar-refractivity contribution in [1.29, 1.82) is 0 Å². The van der Waals surface area contributed by atoms with Crippen LogP contribution in [0, 0.1) is 0 Å². The summed E-state index contributed by atoms with van der Waals surface area (Å²) in [5.41, 5.74) is 2.45. The molecule has 1 N–H and O–H groups in total. The molecule has 1 aromatic carbocycles. The molecular formula is C18H23N3O3. The first-order valence-electron chi connectivity index (χ1n) is 8.43. The SMILES string of the molecule is COCCN1C(=O)COC2CN(Cc3c[nH]c4ccccc34)CC21. The van der Waals surface area contributed by atoms with Crippen molar-refractivity contribution < 1.29 is 14.3 Å². The van der Waals surface area contributed by atoms with Crippen molar-refractivity contribution in [2.24, 2.45) is 0 Å². The Bertz CT molecular complexity index is 729. The van der Waals surface area contributed by atoms with Crippen LogP contribution in [0.15, 0.2) is 30.5 Å². The molecule has 2 atom stereocenters. The van der Waals surface area contributed by atoms with Gasteiger partial charge in [0.25, 0.3) is 0 Å². The molecule has 0 spiro atoms. The summed E-state index contributed by atoms with van der Waals surface area (Å²) in [6.07, 6.45) is 2.19. The number of carbonyl (C=O) groups excluding carboxylic acids is 1. The normalized spacial score (nSPS) is 24.7. The standard InChI is InChI=1S/C18H23N3O3/c1-23-7-6-21-16-10-20(11-17(16)24-12-18(21)22)9-13-8-19-15-5-3-2-4-14(13)15/h2-5,8,16-17,19H,6-7,9-12H2,1H3. The molecule has 2 saturated heterocycles. The summed E-state index contributed by atoms with van der Waals surface area (Å²) < 4.78 is 10.9. The van der Waals surface area contributed by atoms with Gasteiger partial charge < -0.3 is 19.4 Å². The number of fused-ring (bicyclic) bond motifs is 2. The molecule has 2 aliphatic heterocycles. The van der Waals surface area contributed by atoms with E-state index in [9.17, 15) is 4.79 Å². The maximum Gasteiger partial charge on any atom is 0.249 e. The fourth-order valence-electron chi connectivity index (χ4n) is 3.85. The molecule has 6 heteroatoms. The average molecular weight is 329 g/mol. The Labute approximate surface area is 141 Å². The lowest BCUT2D eigenvalue weighted by Crippen LogP contribution is -2.54. The lowest BCUT2D eigenvalue weighted by molar-refractivity contribution is -0.153. The van der Waals surface area contributed by atoms with Crippen LogP contribution in [0.2, 0.25) is 0 Å². The number of nitrogens with one attached hydrogen (secondary N) is 1. The van der Waals surface area contributed by atoms with Crippen molar-refractivity contribution in [1.82, 2.24) is 14.8 Å². The summed E-state index contributed by atoms with van der Waals surface area (Å²) >= 11 is 0. The molecule has 1 aromatic heterocycles. The van der Waals surface area contributed by atoms with E-state index in [4.69, 9.17) is 9.47 Å². The second-order valence-electron chi connectivity index (χ2n) is 6.55. The number of aromatic amines is 1. The number of nitrogens with zero attached hydrogens (tertiary/aromatic N) is 2. The number of amides is 1. The number of ether oxygens (including phenoxy) is 2. The molecule has 4 rings (SSSR count). The van der Waals surface area contributed by atoms with E-state index < -0.39 is 0 Å². The molecule has 2 fully saturated rings. The van der Waals surface area contributed by atoms with Gasteiger partial charge in [0, 0.05) is 50.4 Å². The number of carbonyl (C=O) groups is 1. The quantitative estimate of drug-likeness (QED) is 0.896. The maximum atomic E-state index is 12.2. The third-order valence-electron chi connectivity index (χ3n) is 5.06. The Morgan fingerprint density at radius 1 is 1.33 bits per heavy atom. The van der Waals surface area contributed by atoms with Gasteiger partial charge in [0.05, 0.1) is 18.8 Å². The maximum absolute atomic E-state index is 12.2. The second-order valence-corrected chi connectivity index (χ2v) is 6.55. The molecular weight excluding hydrogens is 306 g/mol. The third kappa shape index (κ3) is 2.81. The first kappa shape index (κ1) is 15.6. The summed E-state index contributed by atoms with van der Waals surface area (Å²) in [7, 11) is 1.67. The monoisotopic (exact) mass is 329 g/mol. The minimum Gasteiger partial charge on any atom is -0.383 e. The molecule has 2 aliphatic rings. The smallest absolute Gasteiger partial charge is 0.249 e. The molecule has 1 amide bonds. The zero-order chi connectivity index (χ0) is 16.5. The Morgan fingerprint density at radius 2 is 2.21 bits per heavy atom. The third-order valence-corrected chi connectivity index (χ3v) is 5.06. The van der Waals surface area contributed by atoms with Gasteiger partial charge in [-0.3, -0.25) is 9.69 Å².